The highest BCUT2D eigenvalue weighted by atomic mass is 79.9. The van der Waals surface area contributed by atoms with E-state index >= 15 is 0 Å². The van der Waals surface area contributed by atoms with Crippen molar-refractivity contribution in [1.29, 1.82) is 0 Å². The first kappa shape index (κ1) is 14.4. The number of fused-ring (bicyclic) bond motifs is 1. The highest BCUT2D eigenvalue weighted by Crippen LogP contribution is 2.38. The summed E-state index contributed by atoms with van der Waals surface area (Å²) in [5, 5.41) is 3.55. The van der Waals surface area contributed by atoms with E-state index in [2.05, 4.69) is 21.2 Å². The molecule has 0 aliphatic rings. The standard InChI is InChI=1S/C13H14BrF3N2/c1-18-6-5-10-9-4-3-8(14)7-11(9)19(2)12(10)13(15,16)17/h3-4,7,18H,5-6H2,1-2H3. The highest BCUT2D eigenvalue weighted by molar-refractivity contribution is 9.10. The molecule has 0 saturated carbocycles. The molecule has 104 valence electrons. The third kappa shape index (κ3) is 2.65. The Hall–Kier alpha value is -1.01. The summed E-state index contributed by atoms with van der Waals surface area (Å²) in [7, 11) is 3.19. The van der Waals surface area contributed by atoms with E-state index in [1.165, 1.54) is 11.6 Å². The van der Waals surface area contributed by atoms with Gasteiger partial charge in [-0.1, -0.05) is 22.0 Å². The molecule has 0 saturated heterocycles. The molecule has 0 radical (unpaired) electrons. The van der Waals surface area contributed by atoms with Crippen LogP contribution in [-0.4, -0.2) is 18.2 Å². The van der Waals surface area contributed by atoms with Crippen molar-refractivity contribution in [2.75, 3.05) is 13.6 Å². The Bertz CT molecular complexity index is 602. The van der Waals surface area contributed by atoms with Crippen LogP contribution in [-0.2, 0) is 19.6 Å². The zero-order chi connectivity index (χ0) is 14.2. The molecular weight excluding hydrogens is 321 g/mol. The van der Waals surface area contributed by atoms with Crippen LogP contribution in [0.25, 0.3) is 10.9 Å². The quantitative estimate of drug-likeness (QED) is 0.905. The first-order chi connectivity index (χ1) is 8.86. The van der Waals surface area contributed by atoms with Crippen molar-refractivity contribution in [3.63, 3.8) is 0 Å². The van der Waals surface area contributed by atoms with Gasteiger partial charge in [0.2, 0.25) is 0 Å². The van der Waals surface area contributed by atoms with Gasteiger partial charge < -0.3 is 9.88 Å². The fraction of sp³-hybridized carbons (Fsp3) is 0.385. The van der Waals surface area contributed by atoms with Gasteiger partial charge in [-0.05, 0) is 37.7 Å². The maximum Gasteiger partial charge on any atom is 0.431 e. The molecule has 6 heteroatoms. The van der Waals surface area contributed by atoms with E-state index in [9.17, 15) is 13.2 Å². The van der Waals surface area contributed by atoms with Gasteiger partial charge in [-0.15, -0.1) is 0 Å². The van der Waals surface area contributed by atoms with Gasteiger partial charge in [-0.25, -0.2) is 0 Å². The fourth-order valence-electron chi connectivity index (χ4n) is 2.35. The molecule has 0 unspecified atom stereocenters. The number of hydrogen-bond acceptors (Lipinski definition) is 1. The molecule has 0 bridgehead atoms. The summed E-state index contributed by atoms with van der Waals surface area (Å²) in [5.41, 5.74) is 0.385. The molecule has 0 fully saturated rings. The monoisotopic (exact) mass is 334 g/mol. The van der Waals surface area contributed by atoms with Crippen LogP contribution in [0.2, 0.25) is 0 Å². The average molecular weight is 335 g/mol. The van der Waals surface area contributed by atoms with Gasteiger partial charge in [0.25, 0.3) is 0 Å². The summed E-state index contributed by atoms with van der Waals surface area (Å²) in [4.78, 5) is 0. The molecule has 2 aromatic rings. The molecule has 0 aliphatic heterocycles. The SMILES string of the molecule is CNCCc1c(C(F)(F)F)n(C)c2cc(Br)ccc12. The van der Waals surface area contributed by atoms with E-state index in [4.69, 9.17) is 0 Å². The lowest BCUT2D eigenvalue weighted by molar-refractivity contribution is -0.143. The molecule has 0 spiro atoms. The van der Waals surface area contributed by atoms with Crippen LogP contribution < -0.4 is 5.32 Å². The van der Waals surface area contributed by atoms with Gasteiger partial charge in [0.15, 0.2) is 0 Å². The largest absolute Gasteiger partial charge is 0.431 e. The van der Waals surface area contributed by atoms with E-state index in [0.717, 1.165) is 4.47 Å². The van der Waals surface area contributed by atoms with Gasteiger partial charge in [0, 0.05) is 22.4 Å². The number of rotatable bonds is 3. The zero-order valence-electron chi connectivity index (χ0n) is 10.6. The summed E-state index contributed by atoms with van der Waals surface area (Å²) in [5.74, 6) is 0. The number of likely N-dealkylation sites (N-methyl/N-ethyl adjacent to an activating group) is 1. The minimum Gasteiger partial charge on any atom is -0.340 e. The summed E-state index contributed by atoms with van der Waals surface area (Å²) < 4.78 is 41.7. The number of aromatic nitrogens is 1. The number of hydrogen-bond donors (Lipinski definition) is 1. The maximum absolute atomic E-state index is 13.2. The molecule has 1 aromatic carbocycles. The molecule has 2 rings (SSSR count). The van der Waals surface area contributed by atoms with Crippen LogP contribution in [0.1, 0.15) is 11.3 Å². The molecule has 1 aromatic heterocycles. The van der Waals surface area contributed by atoms with Crippen LogP contribution in [0.3, 0.4) is 0 Å². The summed E-state index contributed by atoms with van der Waals surface area (Å²) in [6.45, 7) is 0.512. The van der Waals surface area contributed by atoms with Crippen molar-refractivity contribution in [1.82, 2.24) is 9.88 Å². The lowest BCUT2D eigenvalue weighted by atomic mass is 10.1. The molecule has 0 amide bonds. The highest BCUT2D eigenvalue weighted by Gasteiger charge is 2.37. The second-order valence-electron chi connectivity index (χ2n) is 4.40. The summed E-state index contributed by atoms with van der Waals surface area (Å²) in [6, 6.07) is 5.22. The predicted molar refractivity (Wildman–Crippen MR) is 73.3 cm³/mol. The number of alkyl halides is 3. The van der Waals surface area contributed by atoms with Gasteiger partial charge >= 0.3 is 6.18 Å². The number of nitrogens with one attached hydrogen (secondary N) is 1. The van der Waals surface area contributed by atoms with E-state index in [1.807, 2.05) is 0 Å². The van der Waals surface area contributed by atoms with Crippen LogP contribution in [0.15, 0.2) is 22.7 Å². The number of nitrogens with zero attached hydrogens (tertiary/aromatic N) is 1. The van der Waals surface area contributed by atoms with Gasteiger partial charge in [-0.2, -0.15) is 13.2 Å². The minimum absolute atomic E-state index is 0.352. The van der Waals surface area contributed by atoms with Crippen LogP contribution in [0, 0.1) is 0 Å². The molecule has 1 heterocycles. The normalized spacial score (nSPS) is 12.3. The van der Waals surface area contributed by atoms with Crippen molar-refractivity contribution in [3.8, 4) is 0 Å². The Morgan fingerprint density at radius 1 is 1.32 bits per heavy atom. The summed E-state index contributed by atoms with van der Waals surface area (Å²) >= 11 is 3.30. The Balaban J connectivity index is 2.73. The van der Waals surface area contributed by atoms with E-state index in [0.29, 0.717) is 29.4 Å². The summed E-state index contributed by atoms with van der Waals surface area (Å²) in [6.07, 6.45) is -3.99. The average Bonchev–Trinajstić information content (AvgIpc) is 2.59. The molecule has 1 N–H and O–H groups in total. The van der Waals surface area contributed by atoms with Gasteiger partial charge in [-0.3, -0.25) is 0 Å². The van der Waals surface area contributed by atoms with Gasteiger partial charge in [0.1, 0.15) is 5.69 Å². The number of halogens is 4. The van der Waals surface area contributed by atoms with E-state index < -0.39 is 11.9 Å². The van der Waals surface area contributed by atoms with E-state index in [1.54, 1.807) is 25.2 Å². The molecule has 2 nitrogen and oxygen atoms in total. The Morgan fingerprint density at radius 3 is 2.58 bits per heavy atom. The Morgan fingerprint density at radius 2 is 2.00 bits per heavy atom. The van der Waals surface area contributed by atoms with Gasteiger partial charge in [0.05, 0.1) is 0 Å². The second-order valence-corrected chi connectivity index (χ2v) is 5.31. The lowest BCUT2D eigenvalue weighted by Gasteiger charge is -2.11. The third-order valence-corrected chi connectivity index (χ3v) is 3.65. The number of benzene rings is 1. The first-order valence-electron chi connectivity index (χ1n) is 5.85. The maximum atomic E-state index is 13.2. The molecular formula is C13H14BrF3N2. The van der Waals surface area contributed by atoms with Crippen molar-refractivity contribution in [3.05, 3.63) is 33.9 Å². The number of aryl methyl sites for hydroxylation is 1. The predicted octanol–water partition coefficient (Wildman–Crippen LogP) is 3.72. The Labute approximate surface area is 117 Å². The smallest absolute Gasteiger partial charge is 0.340 e. The van der Waals surface area contributed by atoms with Crippen LogP contribution >= 0.6 is 15.9 Å². The Kier molecular flexibility index (Phi) is 3.92. The van der Waals surface area contributed by atoms with Crippen molar-refractivity contribution < 1.29 is 13.2 Å². The molecule has 0 atom stereocenters. The molecule has 0 aliphatic carbocycles. The third-order valence-electron chi connectivity index (χ3n) is 3.16. The minimum atomic E-state index is -4.34. The van der Waals surface area contributed by atoms with Crippen LogP contribution in [0.5, 0.6) is 0 Å². The van der Waals surface area contributed by atoms with E-state index in [-0.39, 0.29) is 0 Å². The van der Waals surface area contributed by atoms with Crippen molar-refractivity contribution >= 4 is 26.8 Å². The topological polar surface area (TPSA) is 17.0 Å². The van der Waals surface area contributed by atoms with Crippen molar-refractivity contribution in [2.45, 2.75) is 12.6 Å². The second kappa shape index (κ2) is 5.17. The first-order valence-corrected chi connectivity index (χ1v) is 6.64. The molecule has 19 heavy (non-hydrogen) atoms. The van der Waals surface area contributed by atoms with Crippen molar-refractivity contribution in [2.24, 2.45) is 7.05 Å². The fourth-order valence-corrected chi connectivity index (χ4v) is 2.70. The van der Waals surface area contributed by atoms with Crippen LogP contribution in [0.4, 0.5) is 13.2 Å². The zero-order valence-corrected chi connectivity index (χ0v) is 12.2. The lowest BCUT2D eigenvalue weighted by Crippen LogP contribution is -2.17.